The van der Waals surface area contributed by atoms with Gasteiger partial charge in [-0.15, -0.1) is 0 Å². The Hall–Kier alpha value is -2.88. The van der Waals surface area contributed by atoms with Crippen LogP contribution < -0.4 is 5.32 Å². The number of halogens is 2. The highest BCUT2D eigenvalue weighted by atomic mass is 35.5. The summed E-state index contributed by atoms with van der Waals surface area (Å²) in [6.07, 6.45) is 6.49. The fourth-order valence-electron chi connectivity index (χ4n) is 4.29. The lowest BCUT2D eigenvalue weighted by Gasteiger charge is -2.22. The quantitative estimate of drug-likeness (QED) is 0.438. The highest BCUT2D eigenvalue weighted by Gasteiger charge is 2.25. The van der Waals surface area contributed by atoms with Crippen LogP contribution in [-0.4, -0.2) is 40.4 Å². The van der Waals surface area contributed by atoms with Crippen molar-refractivity contribution in [2.24, 2.45) is 5.92 Å². The molecule has 1 saturated heterocycles. The van der Waals surface area contributed by atoms with E-state index in [1.807, 2.05) is 6.92 Å². The Bertz CT molecular complexity index is 1470. The van der Waals surface area contributed by atoms with Crippen molar-refractivity contribution in [1.29, 1.82) is 0 Å². The predicted molar refractivity (Wildman–Crippen MR) is 129 cm³/mol. The molecule has 0 bridgehead atoms. The largest absolute Gasteiger partial charge is 0.316 e. The van der Waals surface area contributed by atoms with Crippen LogP contribution in [0.5, 0.6) is 0 Å². The second-order valence-electron chi connectivity index (χ2n) is 8.59. The number of nitrogens with zero attached hydrogens (tertiary/aromatic N) is 4. The molecule has 0 unspecified atom stereocenters. The average Bonchev–Trinajstić information content (AvgIpc) is 3.21. The van der Waals surface area contributed by atoms with Crippen molar-refractivity contribution in [1.82, 2.24) is 24.2 Å². The zero-order valence-corrected chi connectivity index (χ0v) is 20.1. The number of piperidine rings is 1. The molecule has 1 aliphatic rings. The first kappa shape index (κ1) is 22.9. The smallest absolute Gasteiger partial charge is 0.269 e. The summed E-state index contributed by atoms with van der Waals surface area (Å²) in [5, 5.41) is 4.15. The van der Waals surface area contributed by atoms with E-state index in [1.54, 1.807) is 30.3 Å². The lowest BCUT2D eigenvalue weighted by Crippen LogP contribution is -2.31. The van der Waals surface area contributed by atoms with Crippen LogP contribution in [0.2, 0.25) is 5.02 Å². The van der Waals surface area contributed by atoms with Crippen LogP contribution >= 0.6 is 11.6 Å². The Balaban J connectivity index is 1.63. The molecule has 7 nitrogen and oxygen atoms in total. The molecule has 0 aliphatic carbocycles. The van der Waals surface area contributed by atoms with E-state index in [9.17, 15) is 12.8 Å². The van der Waals surface area contributed by atoms with Crippen molar-refractivity contribution >= 4 is 32.7 Å². The highest BCUT2D eigenvalue weighted by Crippen LogP contribution is 2.32. The van der Waals surface area contributed by atoms with E-state index >= 15 is 0 Å². The van der Waals surface area contributed by atoms with E-state index < -0.39 is 15.8 Å². The van der Waals surface area contributed by atoms with Crippen molar-refractivity contribution in [3.63, 3.8) is 0 Å². The maximum Gasteiger partial charge on any atom is 0.269 e. The van der Waals surface area contributed by atoms with Crippen LogP contribution in [0.4, 0.5) is 4.39 Å². The predicted octanol–water partition coefficient (Wildman–Crippen LogP) is 4.37. The number of fused-ring (bicyclic) bond motifs is 1. The summed E-state index contributed by atoms with van der Waals surface area (Å²) in [5.41, 5.74) is 1.88. The second kappa shape index (κ2) is 9.05. The van der Waals surface area contributed by atoms with Crippen LogP contribution in [-0.2, 0) is 16.4 Å². The minimum atomic E-state index is -3.95. The van der Waals surface area contributed by atoms with Crippen molar-refractivity contribution in [2.45, 2.75) is 31.1 Å². The van der Waals surface area contributed by atoms with Crippen LogP contribution in [0.3, 0.4) is 0 Å². The molecular formula is C24H23ClFN5O2S. The van der Waals surface area contributed by atoms with Gasteiger partial charge in [0, 0.05) is 23.3 Å². The molecule has 1 aromatic carbocycles. The van der Waals surface area contributed by atoms with Crippen LogP contribution in [0.1, 0.15) is 24.1 Å². The number of benzene rings is 1. The lowest BCUT2D eigenvalue weighted by molar-refractivity contribution is 0.368. The molecule has 1 N–H and O–H groups in total. The van der Waals surface area contributed by atoms with Gasteiger partial charge >= 0.3 is 0 Å². The number of aromatic nitrogens is 4. The Morgan fingerprint density at radius 1 is 1.21 bits per heavy atom. The molecule has 4 heterocycles. The van der Waals surface area contributed by atoms with Gasteiger partial charge in [0.05, 0.1) is 21.8 Å². The lowest BCUT2D eigenvalue weighted by atomic mass is 9.94. The topological polar surface area (TPSA) is 89.8 Å². The molecule has 1 aliphatic heterocycles. The molecule has 0 amide bonds. The first-order valence-corrected chi connectivity index (χ1v) is 12.9. The summed E-state index contributed by atoms with van der Waals surface area (Å²) < 4.78 is 42.6. The van der Waals surface area contributed by atoms with Crippen molar-refractivity contribution in [2.75, 3.05) is 13.1 Å². The van der Waals surface area contributed by atoms with E-state index in [1.165, 1.54) is 12.4 Å². The molecule has 1 atom stereocenters. The summed E-state index contributed by atoms with van der Waals surface area (Å²) in [5.74, 6) is 0.0407. The maximum atomic E-state index is 14.6. The summed E-state index contributed by atoms with van der Waals surface area (Å²) >= 11 is 6.19. The van der Waals surface area contributed by atoms with Crippen molar-refractivity contribution in [3.8, 4) is 11.4 Å². The maximum absolute atomic E-state index is 14.6. The number of hydrogen-bond donors (Lipinski definition) is 1. The monoisotopic (exact) mass is 499 g/mol. The molecule has 34 heavy (non-hydrogen) atoms. The van der Waals surface area contributed by atoms with Gasteiger partial charge in [0.2, 0.25) is 0 Å². The molecule has 4 aromatic rings. The van der Waals surface area contributed by atoms with Crippen LogP contribution in [0, 0.1) is 18.7 Å². The standard InChI is InChI=1S/C24H23ClFN5O2S/c1-15-4-6-18(7-5-15)34(32,33)31-14-20(19-10-17(25)12-29-24(19)31)23-28-13-21(26)22(30-23)9-16-3-2-8-27-11-16/h4-7,10,12-14,16,27H,2-3,8-9,11H2,1H3/t16-/m1/s1. The molecule has 0 saturated carbocycles. The van der Waals surface area contributed by atoms with Crippen LogP contribution in [0.25, 0.3) is 22.4 Å². The third-order valence-corrected chi connectivity index (χ3v) is 7.97. The van der Waals surface area contributed by atoms with Gasteiger partial charge in [-0.05, 0) is 63.4 Å². The van der Waals surface area contributed by atoms with Gasteiger partial charge < -0.3 is 5.32 Å². The SMILES string of the molecule is Cc1ccc(S(=O)(=O)n2cc(-c3ncc(F)c(C[C@H]4CCCNC4)n3)c3cc(Cl)cnc32)cc1. The van der Waals surface area contributed by atoms with Gasteiger partial charge in [-0.1, -0.05) is 29.3 Å². The van der Waals surface area contributed by atoms with Crippen LogP contribution in [0.15, 0.2) is 53.8 Å². The molecule has 0 radical (unpaired) electrons. The van der Waals surface area contributed by atoms with E-state index in [2.05, 4.69) is 20.3 Å². The molecule has 3 aromatic heterocycles. The van der Waals surface area contributed by atoms with Gasteiger partial charge in [-0.25, -0.2) is 31.7 Å². The zero-order valence-electron chi connectivity index (χ0n) is 18.5. The van der Waals surface area contributed by atoms with Crippen molar-refractivity contribution < 1.29 is 12.8 Å². The third kappa shape index (κ3) is 4.31. The number of nitrogens with one attached hydrogen (secondary N) is 1. The van der Waals surface area contributed by atoms with E-state index in [0.29, 0.717) is 28.1 Å². The minimum absolute atomic E-state index is 0.129. The molecular weight excluding hydrogens is 477 g/mol. The average molecular weight is 500 g/mol. The fourth-order valence-corrected chi connectivity index (χ4v) is 5.77. The van der Waals surface area contributed by atoms with E-state index in [4.69, 9.17) is 11.6 Å². The summed E-state index contributed by atoms with van der Waals surface area (Å²) in [6.45, 7) is 3.67. The van der Waals surface area contributed by atoms with E-state index in [-0.39, 0.29) is 22.3 Å². The fraction of sp³-hybridized carbons (Fsp3) is 0.292. The Labute approximate surface area is 202 Å². The number of aryl methyl sites for hydroxylation is 1. The number of rotatable bonds is 5. The minimum Gasteiger partial charge on any atom is -0.316 e. The summed E-state index contributed by atoms with van der Waals surface area (Å²) in [6, 6.07) is 8.20. The summed E-state index contributed by atoms with van der Waals surface area (Å²) in [7, 11) is -3.95. The van der Waals surface area contributed by atoms with Gasteiger partial charge in [-0.3, -0.25) is 0 Å². The number of hydrogen-bond acceptors (Lipinski definition) is 6. The molecule has 176 valence electrons. The molecule has 5 rings (SSSR count). The van der Waals surface area contributed by atoms with Gasteiger partial charge in [-0.2, -0.15) is 0 Å². The number of pyridine rings is 1. The van der Waals surface area contributed by atoms with Gasteiger partial charge in [0.1, 0.15) is 0 Å². The van der Waals surface area contributed by atoms with Crippen molar-refractivity contribution in [3.05, 3.63) is 71.0 Å². The first-order chi connectivity index (χ1) is 16.3. The Morgan fingerprint density at radius 3 is 2.74 bits per heavy atom. The molecule has 1 fully saturated rings. The first-order valence-electron chi connectivity index (χ1n) is 11.0. The second-order valence-corrected chi connectivity index (χ2v) is 10.8. The summed E-state index contributed by atoms with van der Waals surface area (Å²) in [4.78, 5) is 13.1. The highest BCUT2D eigenvalue weighted by molar-refractivity contribution is 7.90. The Morgan fingerprint density at radius 2 is 2.00 bits per heavy atom. The normalized spacial score (nSPS) is 16.7. The van der Waals surface area contributed by atoms with Gasteiger partial charge in [0.15, 0.2) is 17.3 Å². The molecule has 0 spiro atoms. The Kier molecular flexibility index (Phi) is 6.09. The van der Waals surface area contributed by atoms with Gasteiger partial charge in [0.25, 0.3) is 10.0 Å². The van der Waals surface area contributed by atoms with E-state index in [0.717, 1.165) is 41.7 Å². The third-order valence-electron chi connectivity index (χ3n) is 6.09. The molecule has 10 heteroatoms. The zero-order chi connectivity index (χ0) is 23.9.